The Labute approximate surface area is 256 Å². The smallest absolute Gasteiger partial charge is 0.411 e. The first-order valence-electron chi connectivity index (χ1n) is 14.4. The van der Waals surface area contributed by atoms with Crippen LogP contribution in [0.3, 0.4) is 0 Å². The summed E-state index contributed by atoms with van der Waals surface area (Å²) in [6.07, 6.45) is 1.51. The summed E-state index contributed by atoms with van der Waals surface area (Å²) in [5.41, 5.74) is -0.615. The molecule has 0 N–H and O–H groups in total. The molecule has 12 heteroatoms. The number of rotatable bonds is 6. The highest BCUT2D eigenvalue weighted by molar-refractivity contribution is 7.95. The zero-order chi connectivity index (χ0) is 30.4. The predicted octanol–water partition coefficient (Wildman–Crippen LogP) is 3.89. The fourth-order valence-electron chi connectivity index (χ4n) is 6.39. The van der Waals surface area contributed by atoms with Crippen LogP contribution in [0.1, 0.15) is 29.5 Å². The third-order valence-electron chi connectivity index (χ3n) is 8.73. The van der Waals surface area contributed by atoms with Crippen LogP contribution < -0.4 is 9.04 Å². The number of carbonyl (C=O) groups excluding carboxylic acids is 2. The summed E-state index contributed by atoms with van der Waals surface area (Å²) >= 11 is 1.02. The number of thiophene rings is 1. The van der Waals surface area contributed by atoms with Gasteiger partial charge in [-0.05, 0) is 69.5 Å². The van der Waals surface area contributed by atoms with E-state index in [2.05, 4.69) is 16.8 Å². The highest BCUT2D eigenvalue weighted by Crippen LogP contribution is 2.52. The number of anilines is 1. The van der Waals surface area contributed by atoms with Crippen molar-refractivity contribution in [1.82, 2.24) is 14.7 Å². The molecule has 1 unspecified atom stereocenters. The van der Waals surface area contributed by atoms with Crippen molar-refractivity contribution < 1.29 is 27.5 Å². The minimum Gasteiger partial charge on any atom is -0.496 e. The van der Waals surface area contributed by atoms with E-state index in [-0.39, 0.29) is 21.0 Å². The van der Waals surface area contributed by atoms with Crippen molar-refractivity contribution in [3.05, 3.63) is 76.7 Å². The molecule has 2 fully saturated rings. The van der Waals surface area contributed by atoms with Crippen molar-refractivity contribution in [3.8, 4) is 5.75 Å². The number of methoxy groups -OCH3 is 1. The van der Waals surface area contributed by atoms with E-state index >= 15 is 0 Å². The van der Waals surface area contributed by atoms with E-state index in [1.54, 1.807) is 58.8 Å². The molecule has 1 atom stereocenters. The van der Waals surface area contributed by atoms with Crippen molar-refractivity contribution in [2.24, 2.45) is 0 Å². The number of benzene rings is 2. The second-order valence-corrected chi connectivity index (χ2v) is 14.3. The van der Waals surface area contributed by atoms with E-state index in [0.29, 0.717) is 38.0 Å². The van der Waals surface area contributed by atoms with E-state index in [0.717, 1.165) is 47.1 Å². The summed E-state index contributed by atoms with van der Waals surface area (Å²) in [6.45, 7) is 6.25. The molecule has 4 heterocycles. The SMILES string of the molecule is COc1ccccc1C1(OC(=O)N2CCN(C3CCN(C)CC3)CC2)C(=O)N(S(=O)(=O)c2cccs2)c2ccc(C)cc21. The summed E-state index contributed by atoms with van der Waals surface area (Å²) in [4.78, 5) is 35.1. The summed E-state index contributed by atoms with van der Waals surface area (Å²) in [6, 6.07) is 15.4. The molecule has 228 valence electrons. The van der Waals surface area contributed by atoms with E-state index in [1.165, 1.54) is 13.2 Å². The van der Waals surface area contributed by atoms with Crippen LogP contribution in [0.15, 0.2) is 64.2 Å². The summed E-state index contributed by atoms with van der Waals surface area (Å²) < 4.78 is 40.7. The summed E-state index contributed by atoms with van der Waals surface area (Å²) in [5.74, 6) is -0.581. The molecule has 3 aliphatic heterocycles. The molecule has 0 radical (unpaired) electrons. The summed E-state index contributed by atoms with van der Waals surface area (Å²) in [7, 11) is -0.704. The number of hydrogen-bond acceptors (Lipinski definition) is 9. The van der Waals surface area contributed by atoms with Gasteiger partial charge in [-0.2, -0.15) is 12.7 Å². The van der Waals surface area contributed by atoms with Gasteiger partial charge in [0, 0.05) is 37.8 Å². The first kappa shape index (κ1) is 29.6. The largest absolute Gasteiger partial charge is 0.496 e. The zero-order valence-electron chi connectivity index (χ0n) is 24.6. The Morgan fingerprint density at radius 1 is 0.953 bits per heavy atom. The molecular formula is C31H36N4O6S2. The van der Waals surface area contributed by atoms with Gasteiger partial charge in [0.05, 0.1) is 18.4 Å². The number of sulfonamides is 1. The Morgan fingerprint density at radius 2 is 1.67 bits per heavy atom. The maximum Gasteiger partial charge on any atom is 0.411 e. The Kier molecular flexibility index (Phi) is 7.97. The van der Waals surface area contributed by atoms with Crippen molar-refractivity contribution in [1.29, 1.82) is 0 Å². The number of nitrogens with zero attached hydrogens (tertiary/aromatic N) is 4. The molecular weight excluding hydrogens is 588 g/mol. The molecule has 3 aliphatic rings. The van der Waals surface area contributed by atoms with Gasteiger partial charge in [0.25, 0.3) is 15.9 Å². The number of ether oxygens (including phenoxy) is 2. The van der Waals surface area contributed by atoms with Crippen LogP contribution in [0, 0.1) is 6.92 Å². The number of likely N-dealkylation sites (tertiary alicyclic amines) is 1. The number of piperazine rings is 1. The topological polar surface area (TPSA) is 99.7 Å². The second kappa shape index (κ2) is 11.6. The van der Waals surface area contributed by atoms with Gasteiger partial charge in [0.2, 0.25) is 5.60 Å². The standard InChI is InChI=1S/C31H36N4O6S2/c1-22-10-11-26-25(21-22)31(24-7-4-5-8-27(24)40-3,29(36)35(26)43(38,39)28-9-6-20-42-28)41-30(37)34-18-16-33(17-19-34)23-12-14-32(2)15-13-23/h4-11,20-21,23H,12-19H2,1-3H3. The first-order valence-corrected chi connectivity index (χ1v) is 16.8. The van der Waals surface area contributed by atoms with Gasteiger partial charge in [-0.25, -0.2) is 4.79 Å². The lowest BCUT2D eigenvalue weighted by Gasteiger charge is -2.42. The third kappa shape index (κ3) is 5.09. The fraction of sp³-hybridized carbons (Fsp3) is 0.419. The number of piperidine rings is 1. The van der Waals surface area contributed by atoms with E-state index in [4.69, 9.17) is 9.47 Å². The molecule has 2 saturated heterocycles. The van der Waals surface area contributed by atoms with Crippen molar-refractivity contribution in [2.45, 2.75) is 35.6 Å². The molecule has 1 aromatic heterocycles. The Hall–Kier alpha value is -3.45. The van der Waals surface area contributed by atoms with Crippen molar-refractivity contribution in [3.63, 3.8) is 0 Å². The monoisotopic (exact) mass is 624 g/mol. The van der Waals surface area contributed by atoms with Crippen LogP contribution in [0.2, 0.25) is 0 Å². The van der Waals surface area contributed by atoms with Crippen LogP contribution in [0.5, 0.6) is 5.75 Å². The normalized spacial score (nSPS) is 22.1. The molecule has 10 nitrogen and oxygen atoms in total. The molecule has 3 aromatic rings. The molecule has 6 rings (SSSR count). The quantitative estimate of drug-likeness (QED) is 0.408. The van der Waals surface area contributed by atoms with E-state index < -0.39 is 27.6 Å². The maximum atomic E-state index is 14.7. The van der Waals surface area contributed by atoms with Gasteiger partial charge in [0.15, 0.2) is 0 Å². The van der Waals surface area contributed by atoms with Crippen LogP contribution in [-0.2, 0) is 25.2 Å². The van der Waals surface area contributed by atoms with Crippen LogP contribution in [-0.4, -0.2) is 94.6 Å². The van der Waals surface area contributed by atoms with Gasteiger partial charge in [-0.15, -0.1) is 11.3 Å². The van der Waals surface area contributed by atoms with Gasteiger partial charge < -0.3 is 19.3 Å². The summed E-state index contributed by atoms with van der Waals surface area (Å²) in [5, 5.41) is 1.64. The molecule has 0 saturated carbocycles. The van der Waals surface area contributed by atoms with Crippen molar-refractivity contribution in [2.75, 3.05) is 57.7 Å². The second-order valence-electron chi connectivity index (χ2n) is 11.3. The lowest BCUT2D eigenvalue weighted by atomic mass is 9.85. The molecule has 2 aromatic carbocycles. The third-order valence-corrected chi connectivity index (χ3v) is 11.8. The average Bonchev–Trinajstić information content (AvgIpc) is 3.64. The fourth-order valence-corrected chi connectivity index (χ4v) is 8.91. The average molecular weight is 625 g/mol. The van der Waals surface area contributed by atoms with Gasteiger partial charge in [0.1, 0.15) is 9.96 Å². The Bertz CT molecular complexity index is 1610. The molecule has 2 amide bonds. The van der Waals surface area contributed by atoms with E-state index in [1.807, 2.05) is 6.92 Å². The molecule has 0 aliphatic carbocycles. The number of para-hydroxylation sites is 1. The lowest BCUT2D eigenvalue weighted by molar-refractivity contribution is -0.132. The first-order chi connectivity index (χ1) is 20.7. The highest BCUT2D eigenvalue weighted by Gasteiger charge is 2.61. The number of amides is 2. The Balaban J connectivity index is 1.39. The number of hydrogen-bond donors (Lipinski definition) is 0. The minimum absolute atomic E-state index is 0.0135. The van der Waals surface area contributed by atoms with Gasteiger partial charge in [-0.3, -0.25) is 9.69 Å². The number of aryl methyl sites for hydroxylation is 1. The molecule has 0 bridgehead atoms. The lowest BCUT2D eigenvalue weighted by Crippen LogP contribution is -2.55. The van der Waals surface area contributed by atoms with Crippen LogP contribution in [0.4, 0.5) is 10.5 Å². The van der Waals surface area contributed by atoms with Crippen LogP contribution in [0.25, 0.3) is 0 Å². The van der Waals surface area contributed by atoms with E-state index in [9.17, 15) is 18.0 Å². The minimum atomic E-state index is -4.31. The predicted molar refractivity (Wildman–Crippen MR) is 164 cm³/mol. The molecule has 0 spiro atoms. The van der Waals surface area contributed by atoms with Gasteiger partial charge >= 0.3 is 6.09 Å². The molecule has 43 heavy (non-hydrogen) atoms. The van der Waals surface area contributed by atoms with Gasteiger partial charge in [-0.1, -0.05) is 35.9 Å². The zero-order valence-corrected chi connectivity index (χ0v) is 26.2. The number of carbonyl (C=O) groups is 2. The highest BCUT2D eigenvalue weighted by atomic mass is 32.2. The van der Waals surface area contributed by atoms with Crippen LogP contribution >= 0.6 is 11.3 Å². The Morgan fingerprint density at radius 3 is 2.35 bits per heavy atom. The van der Waals surface area contributed by atoms with Crippen molar-refractivity contribution >= 4 is 39.0 Å². The maximum absolute atomic E-state index is 14.7. The number of fused-ring (bicyclic) bond motifs is 1.